The molecule has 0 bridgehead atoms. The third kappa shape index (κ3) is 3.39. The number of hydrogen-bond donors (Lipinski definition) is 1. The Morgan fingerprint density at radius 2 is 1.73 bits per heavy atom. The van der Waals surface area contributed by atoms with Crippen LogP contribution in [0.3, 0.4) is 0 Å². The number of benzene rings is 2. The monoisotopic (exact) mass is 351 g/mol. The van der Waals surface area contributed by atoms with Crippen LogP contribution in [0, 0.1) is 6.92 Å². The molecule has 1 N–H and O–H groups in total. The van der Waals surface area contributed by atoms with Gasteiger partial charge in [0, 0.05) is 5.69 Å². The lowest BCUT2D eigenvalue weighted by Crippen LogP contribution is -2.22. The van der Waals surface area contributed by atoms with Crippen molar-refractivity contribution in [2.24, 2.45) is 0 Å². The van der Waals surface area contributed by atoms with Gasteiger partial charge in [0.15, 0.2) is 5.69 Å². The maximum Gasteiger partial charge on any atom is 0.278 e. The quantitative estimate of drug-likeness (QED) is 0.740. The summed E-state index contributed by atoms with van der Waals surface area (Å²) in [6, 6.07) is 12.8. The van der Waals surface area contributed by atoms with E-state index in [1.165, 1.54) is 24.3 Å². The van der Waals surface area contributed by atoms with Crippen LogP contribution in [0.1, 0.15) is 26.5 Å². The van der Waals surface area contributed by atoms with Crippen LogP contribution in [0.4, 0.5) is 5.69 Å². The Morgan fingerprint density at radius 3 is 2.31 bits per heavy atom. The van der Waals surface area contributed by atoms with E-state index in [1.807, 2.05) is 0 Å². The van der Waals surface area contributed by atoms with Gasteiger partial charge in [-0.1, -0.05) is 17.3 Å². The molecule has 8 nitrogen and oxygen atoms in total. The highest BCUT2D eigenvalue weighted by Gasteiger charge is 2.17. The van der Waals surface area contributed by atoms with Crippen molar-refractivity contribution in [1.29, 1.82) is 0 Å². The van der Waals surface area contributed by atoms with Gasteiger partial charge in [0.25, 0.3) is 5.91 Å². The molecule has 1 heterocycles. The summed E-state index contributed by atoms with van der Waals surface area (Å²) in [6.45, 7) is 1.73. The lowest BCUT2D eigenvalue weighted by atomic mass is 10.2. The third-order valence-electron chi connectivity index (χ3n) is 3.81. The Morgan fingerprint density at radius 1 is 1.08 bits per heavy atom. The molecule has 3 aromatic rings. The Labute approximate surface area is 149 Å². The summed E-state index contributed by atoms with van der Waals surface area (Å²) in [5, 5.41) is 21.4. The van der Waals surface area contributed by atoms with Crippen LogP contribution in [0.2, 0.25) is 0 Å². The standard InChI is InChI=1S/C18H16N4O4/c1-11-16(17(23)19-13-5-3-12(4-6-13)18(24)25)20-21-22(11)14-7-9-15(26-2)10-8-14/h3-10H,1-2H3,(H,19,23)(H,24,25)/p-1. The van der Waals surface area contributed by atoms with E-state index < -0.39 is 11.9 Å². The Kier molecular flexibility index (Phi) is 4.66. The molecule has 0 saturated carbocycles. The summed E-state index contributed by atoms with van der Waals surface area (Å²) in [7, 11) is 1.58. The number of anilines is 1. The van der Waals surface area contributed by atoms with E-state index in [4.69, 9.17) is 4.74 Å². The number of carboxylic acids is 1. The largest absolute Gasteiger partial charge is 0.545 e. The van der Waals surface area contributed by atoms with E-state index in [-0.39, 0.29) is 11.3 Å². The highest BCUT2D eigenvalue weighted by atomic mass is 16.5. The minimum atomic E-state index is -1.28. The molecule has 3 rings (SSSR count). The summed E-state index contributed by atoms with van der Waals surface area (Å²) in [4.78, 5) is 23.2. The highest BCUT2D eigenvalue weighted by Crippen LogP contribution is 2.18. The molecule has 1 aromatic heterocycles. The molecule has 0 aliphatic rings. The van der Waals surface area contributed by atoms with Crippen molar-refractivity contribution >= 4 is 17.6 Å². The summed E-state index contributed by atoms with van der Waals surface area (Å²) < 4.78 is 6.67. The molecule has 0 aliphatic carbocycles. The second kappa shape index (κ2) is 7.06. The van der Waals surface area contributed by atoms with Crippen LogP contribution in [-0.4, -0.2) is 34.0 Å². The van der Waals surface area contributed by atoms with Crippen molar-refractivity contribution in [1.82, 2.24) is 15.0 Å². The molecular formula is C18H15N4O4-. The average molecular weight is 351 g/mol. The number of nitrogens with one attached hydrogen (secondary N) is 1. The number of amides is 1. The first-order valence-corrected chi connectivity index (χ1v) is 7.69. The zero-order valence-electron chi connectivity index (χ0n) is 14.1. The summed E-state index contributed by atoms with van der Waals surface area (Å²) in [5.41, 5.74) is 1.96. The molecule has 0 aliphatic heterocycles. The van der Waals surface area contributed by atoms with E-state index in [2.05, 4.69) is 15.6 Å². The number of ether oxygens (including phenoxy) is 1. The lowest BCUT2D eigenvalue weighted by molar-refractivity contribution is -0.255. The molecule has 26 heavy (non-hydrogen) atoms. The SMILES string of the molecule is COc1ccc(-n2nnc(C(=O)Nc3ccc(C(=O)[O-])cc3)c2C)cc1. The van der Waals surface area contributed by atoms with Crippen molar-refractivity contribution < 1.29 is 19.4 Å². The highest BCUT2D eigenvalue weighted by molar-refractivity contribution is 6.03. The normalized spacial score (nSPS) is 10.4. The maximum absolute atomic E-state index is 12.4. The number of carbonyl (C=O) groups excluding carboxylic acids is 2. The van der Waals surface area contributed by atoms with Crippen molar-refractivity contribution in [3.05, 3.63) is 65.5 Å². The minimum absolute atomic E-state index is 0.0321. The van der Waals surface area contributed by atoms with Crippen molar-refractivity contribution in [2.45, 2.75) is 6.92 Å². The van der Waals surface area contributed by atoms with Crippen LogP contribution in [0.25, 0.3) is 5.69 Å². The Hall–Kier alpha value is -3.68. The number of carboxylic acid groups (broad SMARTS) is 1. The molecule has 8 heteroatoms. The maximum atomic E-state index is 12.4. The van der Waals surface area contributed by atoms with Crippen LogP contribution in [0.15, 0.2) is 48.5 Å². The fraction of sp³-hybridized carbons (Fsp3) is 0.111. The second-order valence-corrected chi connectivity index (χ2v) is 5.45. The third-order valence-corrected chi connectivity index (χ3v) is 3.81. The predicted octanol–water partition coefficient (Wildman–Crippen LogP) is 1.20. The first kappa shape index (κ1) is 17.2. The average Bonchev–Trinajstić information content (AvgIpc) is 3.04. The minimum Gasteiger partial charge on any atom is -0.545 e. The van der Waals surface area contributed by atoms with Gasteiger partial charge in [-0.2, -0.15) is 0 Å². The lowest BCUT2D eigenvalue weighted by Gasteiger charge is -2.07. The molecule has 2 aromatic carbocycles. The predicted molar refractivity (Wildman–Crippen MR) is 91.4 cm³/mol. The number of aromatic nitrogens is 3. The zero-order chi connectivity index (χ0) is 18.7. The van der Waals surface area contributed by atoms with Gasteiger partial charge < -0.3 is 20.0 Å². The smallest absolute Gasteiger partial charge is 0.278 e. The van der Waals surface area contributed by atoms with Gasteiger partial charge in [0.1, 0.15) is 5.75 Å². The molecule has 0 saturated heterocycles. The van der Waals surface area contributed by atoms with Gasteiger partial charge in [-0.3, -0.25) is 4.79 Å². The molecule has 0 fully saturated rings. The molecule has 1 amide bonds. The topological polar surface area (TPSA) is 109 Å². The fourth-order valence-corrected chi connectivity index (χ4v) is 2.39. The van der Waals surface area contributed by atoms with E-state index in [0.29, 0.717) is 17.1 Å². The molecule has 0 radical (unpaired) electrons. The number of methoxy groups -OCH3 is 1. The molecular weight excluding hydrogens is 336 g/mol. The van der Waals surface area contributed by atoms with Crippen molar-refractivity contribution in [2.75, 3.05) is 12.4 Å². The number of nitrogens with zero attached hydrogens (tertiary/aromatic N) is 3. The number of aromatic carboxylic acids is 1. The van der Waals surface area contributed by atoms with Crippen LogP contribution < -0.4 is 15.2 Å². The molecule has 0 atom stereocenters. The van der Waals surface area contributed by atoms with Gasteiger partial charge in [-0.15, -0.1) is 5.10 Å². The van der Waals surface area contributed by atoms with E-state index in [0.717, 1.165) is 5.69 Å². The van der Waals surface area contributed by atoms with Crippen LogP contribution >= 0.6 is 0 Å². The molecule has 0 spiro atoms. The zero-order valence-corrected chi connectivity index (χ0v) is 14.1. The van der Waals surface area contributed by atoms with Gasteiger partial charge >= 0.3 is 0 Å². The summed E-state index contributed by atoms with van der Waals surface area (Å²) >= 11 is 0. The van der Waals surface area contributed by atoms with Gasteiger partial charge in [0.2, 0.25) is 0 Å². The molecule has 132 valence electrons. The first-order chi connectivity index (χ1) is 12.5. The van der Waals surface area contributed by atoms with Crippen LogP contribution in [-0.2, 0) is 0 Å². The Bertz CT molecular complexity index is 946. The van der Waals surface area contributed by atoms with Crippen molar-refractivity contribution in [3.8, 4) is 11.4 Å². The van der Waals surface area contributed by atoms with E-state index >= 15 is 0 Å². The number of carbonyl (C=O) groups is 2. The van der Waals surface area contributed by atoms with E-state index in [1.54, 1.807) is 43.0 Å². The number of hydrogen-bond acceptors (Lipinski definition) is 6. The van der Waals surface area contributed by atoms with Crippen LogP contribution in [0.5, 0.6) is 5.75 Å². The number of rotatable bonds is 5. The second-order valence-electron chi connectivity index (χ2n) is 5.45. The fourth-order valence-electron chi connectivity index (χ4n) is 2.39. The summed E-state index contributed by atoms with van der Waals surface area (Å²) in [6.07, 6.45) is 0. The van der Waals surface area contributed by atoms with E-state index in [9.17, 15) is 14.7 Å². The van der Waals surface area contributed by atoms with Crippen molar-refractivity contribution in [3.63, 3.8) is 0 Å². The Balaban J connectivity index is 1.79. The van der Waals surface area contributed by atoms with Gasteiger partial charge in [0.05, 0.1) is 24.5 Å². The van der Waals surface area contributed by atoms with Gasteiger partial charge in [-0.05, 0) is 48.9 Å². The van der Waals surface area contributed by atoms with Gasteiger partial charge in [-0.25, -0.2) is 4.68 Å². The first-order valence-electron chi connectivity index (χ1n) is 7.69. The molecule has 0 unspecified atom stereocenters. The summed E-state index contributed by atoms with van der Waals surface area (Å²) in [5.74, 6) is -1.01.